The third-order valence-electron chi connectivity index (χ3n) is 2.48. The van der Waals surface area contributed by atoms with Crippen molar-refractivity contribution in [1.82, 2.24) is 19.9 Å². The van der Waals surface area contributed by atoms with E-state index in [1.165, 1.54) is 17.7 Å². The van der Waals surface area contributed by atoms with Crippen molar-refractivity contribution in [2.45, 2.75) is 0 Å². The number of nitrogens with one attached hydrogen (secondary N) is 2. The third-order valence-corrected chi connectivity index (χ3v) is 3.17. The highest BCUT2D eigenvalue weighted by Gasteiger charge is 2.09. The summed E-state index contributed by atoms with van der Waals surface area (Å²) in [6.45, 7) is 0. The van der Waals surface area contributed by atoms with Crippen molar-refractivity contribution in [3.05, 3.63) is 42.4 Å². The number of thiazole rings is 1. The van der Waals surface area contributed by atoms with Crippen LogP contribution in [0.1, 0.15) is 0 Å². The Balaban J connectivity index is 1.85. The molecular weight excluding hydrogens is 274 g/mol. The number of nitrogen functional groups attached to an aromatic ring is 1. The lowest BCUT2D eigenvalue weighted by Crippen LogP contribution is -2.05. The largest absolute Gasteiger partial charge is 0.393 e. The third kappa shape index (κ3) is 2.64. The van der Waals surface area contributed by atoms with Gasteiger partial charge in [-0.05, 0) is 12.1 Å². The molecule has 0 fully saturated rings. The highest BCUT2D eigenvalue weighted by atomic mass is 32.1. The van der Waals surface area contributed by atoms with Crippen LogP contribution in [-0.2, 0) is 0 Å². The molecule has 0 aliphatic carbocycles. The van der Waals surface area contributed by atoms with Gasteiger partial charge in [-0.25, -0.2) is 15.0 Å². The van der Waals surface area contributed by atoms with Crippen molar-refractivity contribution in [2.24, 2.45) is 0 Å². The van der Waals surface area contributed by atoms with Crippen LogP contribution in [0.5, 0.6) is 0 Å². The van der Waals surface area contributed by atoms with Crippen LogP contribution in [0, 0.1) is 0 Å². The lowest BCUT2D eigenvalue weighted by atomic mass is 10.3. The van der Waals surface area contributed by atoms with Gasteiger partial charge >= 0.3 is 0 Å². The summed E-state index contributed by atoms with van der Waals surface area (Å²) in [7, 11) is 0. The smallest absolute Gasteiger partial charge is 0.188 e. The SMILES string of the molecule is Nc1c(Nc2ccncc2)ncnc1Nc1nccs1. The summed E-state index contributed by atoms with van der Waals surface area (Å²) in [6.07, 6.45) is 6.53. The summed E-state index contributed by atoms with van der Waals surface area (Å²) in [6, 6.07) is 3.66. The van der Waals surface area contributed by atoms with E-state index in [1.54, 1.807) is 18.6 Å². The van der Waals surface area contributed by atoms with E-state index in [9.17, 15) is 0 Å². The molecule has 8 heteroatoms. The van der Waals surface area contributed by atoms with Gasteiger partial charge in [0.1, 0.15) is 12.0 Å². The number of pyridine rings is 1. The Bertz CT molecular complexity index is 684. The van der Waals surface area contributed by atoms with Crippen LogP contribution < -0.4 is 16.4 Å². The van der Waals surface area contributed by atoms with Crippen LogP contribution in [0.15, 0.2) is 42.4 Å². The van der Waals surface area contributed by atoms with E-state index in [1.807, 2.05) is 17.5 Å². The minimum absolute atomic E-state index is 0.430. The van der Waals surface area contributed by atoms with Crippen molar-refractivity contribution in [3.8, 4) is 0 Å². The van der Waals surface area contributed by atoms with E-state index in [-0.39, 0.29) is 0 Å². The number of nitrogens with two attached hydrogens (primary N) is 1. The Morgan fingerprint density at radius 1 is 0.950 bits per heavy atom. The summed E-state index contributed by atoms with van der Waals surface area (Å²) >= 11 is 1.47. The molecule has 3 aromatic heterocycles. The maximum atomic E-state index is 6.06. The zero-order valence-corrected chi connectivity index (χ0v) is 11.1. The van der Waals surface area contributed by atoms with Crippen molar-refractivity contribution >= 4 is 39.5 Å². The molecule has 3 rings (SSSR count). The number of rotatable bonds is 4. The molecule has 0 unspecified atom stereocenters. The van der Waals surface area contributed by atoms with E-state index < -0.39 is 0 Å². The minimum atomic E-state index is 0.430. The van der Waals surface area contributed by atoms with Crippen molar-refractivity contribution < 1.29 is 0 Å². The van der Waals surface area contributed by atoms with Crippen LogP contribution in [0.3, 0.4) is 0 Å². The fourth-order valence-electron chi connectivity index (χ4n) is 1.55. The van der Waals surface area contributed by atoms with Gasteiger partial charge in [0.25, 0.3) is 0 Å². The fraction of sp³-hybridized carbons (Fsp3) is 0. The first-order valence-corrected chi connectivity index (χ1v) is 6.65. The topological polar surface area (TPSA) is 102 Å². The minimum Gasteiger partial charge on any atom is -0.393 e. The molecule has 3 aromatic rings. The predicted octanol–water partition coefficient (Wildman–Crippen LogP) is 2.40. The van der Waals surface area contributed by atoms with Crippen molar-refractivity contribution in [2.75, 3.05) is 16.4 Å². The molecule has 100 valence electrons. The van der Waals surface area contributed by atoms with Gasteiger partial charge in [-0.15, -0.1) is 11.3 Å². The first kappa shape index (κ1) is 12.3. The Morgan fingerprint density at radius 3 is 2.40 bits per heavy atom. The molecule has 0 aliphatic rings. The van der Waals surface area contributed by atoms with E-state index >= 15 is 0 Å². The lowest BCUT2D eigenvalue weighted by Gasteiger charge is -2.11. The summed E-state index contributed by atoms with van der Waals surface area (Å²) < 4.78 is 0. The van der Waals surface area contributed by atoms with Gasteiger partial charge in [0, 0.05) is 29.7 Å². The number of anilines is 5. The van der Waals surface area contributed by atoms with Crippen LogP contribution in [0.2, 0.25) is 0 Å². The zero-order chi connectivity index (χ0) is 13.8. The van der Waals surface area contributed by atoms with Gasteiger partial charge in [-0.1, -0.05) is 0 Å². The molecule has 4 N–H and O–H groups in total. The number of hydrogen-bond donors (Lipinski definition) is 3. The summed E-state index contributed by atoms with van der Waals surface area (Å²) in [5.41, 5.74) is 7.34. The number of aromatic nitrogens is 4. The van der Waals surface area contributed by atoms with Gasteiger partial charge in [-0.3, -0.25) is 4.98 Å². The first-order valence-electron chi connectivity index (χ1n) is 5.77. The summed E-state index contributed by atoms with van der Waals surface area (Å²) in [5.74, 6) is 1.05. The molecule has 0 amide bonds. The molecule has 20 heavy (non-hydrogen) atoms. The highest BCUT2D eigenvalue weighted by molar-refractivity contribution is 7.13. The second-order valence-electron chi connectivity index (χ2n) is 3.81. The van der Waals surface area contributed by atoms with E-state index in [0.717, 1.165) is 10.8 Å². The van der Waals surface area contributed by atoms with Crippen molar-refractivity contribution in [1.29, 1.82) is 0 Å². The molecule has 0 saturated carbocycles. The van der Waals surface area contributed by atoms with Gasteiger partial charge < -0.3 is 16.4 Å². The van der Waals surface area contributed by atoms with Crippen molar-refractivity contribution in [3.63, 3.8) is 0 Å². The quantitative estimate of drug-likeness (QED) is 0.676. The molecule has 3 heterocycles. The molecule has 0 saturated heterocycles. The van der Waals surface area contributed by atoms with Gasteiger partial charge in [0.2, 0.25) is 0 Å². The van der Waals surface area contributed by atoms with E-state index in [0.29, 0.717) is 17.3 Å². The normalized spacial score (nSPS) is 10.2. The van der Waals surface area contributed by atoms with Crippen LogP contribution >= 0.6 is 11.3 Å². The maximum Gasteiger partial charge on any atom is 0.188 e. The second kappa shape index (κ2) is 5.49. The van der Waals surface area contributed by atoms with Crippen LogP contribution in [0.25, 0.3) is 0 Å². The molecule has 0 atom stereocenters. The highest BCUT2D eigenvalue weighted by Crippen LogP contribution is 2.28. The standard InChI is InChI=1S/C12H11N7S/c13-9-10(18-8-1-3-14-4-2-8)16-7-17-11(9)19-12-15-5-6-20-12/h1-7H,13H2,(H2,14,15,16,17,18,19). The number of nitrogens with zero attached hydrogens (tertiary/aromatic N) is 4. The molecule has 0 spiro atoms. The average Bonchev–Trinajstić information content (AvgIpc) is 2.97. The Hall–Kier alpha value is -2.74. The van der Waals surface area contributed by atoms with Gasteiger partial charge in [0.15, 0.2) is 16.8 Å². The van der Waals surface area contributed by atoms with E-state index in [2.05, 4.69) is 30.6 Å². The number of hydrogen-bond acceptors (Lipinski definition) is 8. The van der Waals surface area contributed by atoms with Crippen LogP contribution in [-0.4, -0.2) is 19.9 Å². The Morgan fingerprint density at radius 2 is 1.70 bits per heavy atom. The molecule has 7 nitrogen and oxygen atoms in total. The lowest BCUT2D eigenvalue weighted by molar-refractivity contribution is 1.17. The Kier molecular flexibility index (Phi) is 3.38. The fourth-order valence-corrected chi connectivity index (χ4v) is 2.08. The Labute approximate surface area is 119 Å². The molecule has 0 radical (unpaired) electrons. The molecular formula is C12H11N7S. The average molecular weight is 285 g/mol. The monoisotopic (exact) mass is 285 g/mol. The summed E-state index contributed by atoms with van der Waals surface area (Å²) in [4.78, 5) is 16.3. The predicted molar refractivity (Wildman–Crippen MR) is 79.4 cm³/mol. The molecule has 0 aromatic carbocycles. The maximum absolute atomic E-state index is 6.06. The first-order chi connectivity index (χ1) is 9.83. The zero-order valence-electron chi connectivity index (χ0n) is 10.3. The van der Waals surface area contributed by atoms with E-state index in [4.69, 9.17) is 5.73 Å². The molecule has 0 aliphatic heterocycles. The van der Waals surface area contributed by atoms with Crippen LogP contribution in [0.4, 0.5) is 28.1 Å². The van der Waals surface area contributed by atoms with Gasteiger partial charge in [-0.2, -0.15) is 0 Å². The molecule has 0 bridgehead atoms. The summed E-state index contributed by atoms with van der Waals surface area (Å²) in [5, 5.41) is 8.77. The van der Waals surface area contributed by atoms with Gasteiger partial charge in [0.05, 0.1) is 0 Å². The second-order valence-corrected chi connectivity index (χ2v) is 4.70.